The molecular weight excluding hydrogens is 468 g/mol. The molecule has 36 heavy (non-hydrogen) atoms. The third-order valence-electron chi connectivity index (χ3n) is 6.53. The lowest BCUT2D eigenvalue weighted by molar-refractivity contribution is -0.157. The lowest BCUT2D eigenvalue weighted by Gasteiger charge is -2.21. The number of carbonyl (C=O) groups is 2. The van der Waals surface area contributed by atoms with Gasteiger partial charge in [0.05, 0.1) is 35.6 Å². The van der Waals surface area contributed by atoms with Crippen molar-refractivity contribution in [3.63, 3.8) is 0 Å². The number of benzene rings is 1. The van der Waals surface area contributed by atoms with Gasteiger partial charge in [-0.05, 0) is 24.7 Å². The van der Waals surface area contributed by atoms with Crippen LogP contribution in [0.15, 0.2) is 29.1 Å². The highest BCUT2D eigenvalue weighted by molar-refractivity contribution is 5.95. The van der Waals surface area contributed by atoms with Gasteiger partial charge in [0.15, 0.2) is 17.6 Å². The van der Waals surface area contributed by atoms with E-state index in [2.05, 4.69) is 10.6 Å². The Balaban J connectivity index is 1.50. The number of rotatable bonds is 5. The van der Waals surface area contributed by atoms with Crippen LogP contribution in [0.25, 0.3) is 28.4 Å². The number of cyclic esters (lactones) is 1. The van der Waals surface area contributed by atoms with E-state index in [-0.39, 0.29) is 49.1 Å². The van der Waals surface area contributed by atoms with Crippen molar-refractivity contribution in [3.8, 4) is 22.9 Å². The predicted molar refractivity (Wildman–Crippen MR) is 127 cm³/mol. The van der Waals surface area contributed by atoms with Crippen LogP contribution >= 0.6 is 0 Å². The van der Waals surface area contributed by atoms with E-state index in [9.17, 15) is 19.5 Å². The number of hydrogen-bond donors (Lipinski definition) is 3. The van der Waals surface area contributed by atoms with Crippen molar-refractivity contribution in [2.45, 2.75) is 19.3 Å². The third kappa shape index (κ3) is 3.43. The maximum absolute atomic E-state index is 13.3. The van der Waals surface area contributed by atoms with Crippen LogP contribution in [0.2, 0.25) is 0 Å². The topological polar surface area (TPSA) is 141 Å². The van der Waals surface area contributed by atoms with Crippen LogP contribution in [0.4, 0.5) is 0 Å². The summed E-state index contributed by atoms with van der Waals surface area (Å²) in [5, 5.41) is 16.8. The van der Waals surface area contributed by atoms with E-state index in [0.29, 0.717) is 34.9 Å². The summed E-state index contributed by atoms with van der Waals surface area (Å²) in [6, 6.07) is 5.29. The van der Waals surface area contributed by atoms with E-state index >= 15 is 0 Å². The molecule has 3 N–H and O–H groups in total. The molecule has 0 saturated carbocycles. The number of likely N-dealkylation sites (N-methyl/N-ethyl adjacent to an activating group) is 1. The van der Waals surface area contributed by atoms with E-state index in [1.165, 1.54) is 0 Å². The first-order valence-corrected chi connectivity index (χ1v) is 11.4. The Labute approximate surface area is 204 Å². The fraction of sp³-hybridized carbons (Fsp3) is 0.280. The Morgan fingerprint density at radius 1 is 1.19 bits per heavy atom. The smallest absolute Gasteiger partial charge is 0.340 e. The molecule has 0 radical (unpaired) electrons. The first-order chi connectivity index (χ1) is 17.5. The van der Waals surface area contributed by atoms with E-state index in [1.54, 1.807) is 23.7 Å². The van der Waals surface area contributed by atoms with Gasteiger partial charge in [0.2, 0.25) is 12.7 Å². The maximum Gasteiger partial charge on any atom is 0.340 e. The van der Waals surface area contributed by atoms with Crippen molar-refractivity contribution in [3.05, 3.63) is 56.9 Å². The van der Waals surface area contributed by atoms with E-state index < -0.39 is 12.1 Å². The highest BCUT2D eigenvalue weighted by Crippen LogP contribution is 2.42. The molecular formula is C25H22N4O7. The van der Waals surface area contributed by atoms with Gasteiger partial charge >= 0.3 is 5.97 Å². The number of hydrogen-bond acceptors (Lipinski definition) is 9. The molecule has 6 rings (SSSR count). The number of pyridine rings is 2. The molecule has 0 saturated heterocycles. The largest absolute Gasteiger partial charge is 0.458 e. The Bertz CT molecular complexity index is 1540. The van der Waals surface area contributed by atoms with Crippen molar-refractivity contribution in [1.29, 1.82) is 0 Å². The van der Waals surface area contributed by atoms with Crippen molar-refractivity contribution in [2.75, 3.05) is 26.9 Å². The number of nitrogens with one attached hydrogen (secondary N) is 2. The summed E-state index contributed by atoms with van der Waals surface area (Å²) in [6.07, 6.45) is 2.20. The fourth-order valence-electron chi connectivity index (χ4n) is 4.81. The minimum Gasteiger partial charge on any atom is -0.458 e. The van der Waals surface area contributed by atoms with Gasteiger partial charge < -0.3 is 34.5 Å². The second-order valence-corrected chi connectivity index (χ2v) is 8.68. The molecule has 3 aliphatic rings. The summed E-state index contributed by atoms with van der Waals surface area (Å²) < 4.78 is 17.6. The monoisotopic (exact) mass is 490 g/mol. The molecule has 0 bridgehead atoms. The van der Waals surface area contributed by atoms with Crippen molar-refractivity contribution in [2.24, 2.45) is 0 Å². The van der Waals surface area contributed by atoms with Crippen molar-refractivity contribution >= 4 is 28.9 Å². The highest BCUT2D eigenvalue weighted by atomic mass is 16.7. The Kier molecular flexibility index (Phi) is 5.23. The Morgan fingerprint density at radius 3 is 2.81 bits per heavy atom. The zero-order chi connectivity index (χ0) is 25.0. The molecule has 11 nitrogen and oxygen atoms in total. The Hall–Kier alpha value is -4.22. The predicted octanol–water partition coefficient (Wildman–Crippen LogP) is 0.593. The van der Waals surface area contributed by atoms with Gasteiger partial charge in [0, 0.05) is 29.1 Å². The zero-order valence-corrected chi connectivity index (χ0v) is 19.3. The summed E-state index contributed by atoms with van der Waals surface area (Å²) in [4.78, 5) is 41.9. The van der Waals surface area contributed by atoms with Crippen LogP contribution in [0, 0.1) is 0 Å². The second-order valence-electron chi connectivity index (χ2n) is 8.68. The lowest BCUT2D eigenvalue weighted by Crippen LogP contribution is -2.32. The molecule has 184 valence electrons. The molecule has 0 unspecified atom stereocenters. The summed E-state index contributed by atoms with van der Waals surface area (Å²) in [5.74, 6) is 0.259. The normalized spacial score (nSPS) is 17.2. The van der Waals surface area contributed by atoms with Crippen molar-refractivity contribution < 1.29 is 28.9 Å². The van der Waals surface area contributed by atoms with Crippen LogP contribution in [0.3, 0.4) is 0 Å². The quantitative estimate of drug-likeness (QED) is 0.343. The van der Waals surface area contributed by atoms with Crippen LogP contribution in [-0.2, 0) is 27.5 Å². The Morgan fingerprint density at radius 2 is 2.00 bits per heavy atom. The number of ether oxygens (including phenoxy) is 3. The van der Waals surface area contributed by atoms with Crippen LogP contribution in [-0.4, -0.2) is 53.5 Å². The zero-order valence-electron chi connectivity index (χ0n) is 19.3. The van der Waals surface area contributed by atoms with Crippen molar-refractivity contribution in [1.82, 2.24) is 20.2 Å². The summed E-state index contributed by atoms with van der Waals surface area (Å²) in [5.41, 5.74) is 3.52. The SMILES string of the molecule is CNCC(=O)NC/C=C/c1c2c(nc3cc4c(cc13)OCO4)-c1cc3c(c(=O)n1C2)COC(=O)[C@H]3O. The minimum absolute atomic E-state index is 0.117. The minimum atomic E-state index is -1.52. The van der Waals surface area contributed by atoms with Gasteiger partial charge in [-0.15, -0.1) is 0 Å². The van der Waals surface area contributed by atoms with Gasteiger partial charge in [-0.1, -0.05) is 12.2 Å². The van der Waals surface area contributed by atoms with Gasteiger partial charge in [0.1, 0.15) is 6.61 Å². The molecule has 2 aromatic heterocycles. The number of aromatic nitrogens is 2. The summed E-state index contributed by atoms with van der Waals surface area (Å²) in [6.45, 7) is 0.718. The number of carbonyl (C=O) groups excluding carboxylic acids is 2. The van der Waals surface area contributed by atoms with Crippen LogP contribution in [0.5, 0.6) is 11.5 Å². The van der Waals surface area contributed by atoms with Gasteiger partial charge in [-0.2, -0.15) is 0 Å². The van der Waals surface area contributed by atoms with Gasteiger partial charge in [-0.25, -0.2) is 9.78 Å². The number of amides is 1. The van der Waals surface area contributed by atoms with Crippen LogP contribution in [0.1, 0.15) is 28.4 Å². The number of nitrogens with zero attached hydrogens (tertiary/aromatic N) is 2. The standard InChI is InChI=1S/C25H22N4O7/c1-26-8-21(30)27-4-2-3-12-13-6-19-20(36-11-35-19)7-17(13)28-22-15(12)9-29-18(22)5-14-16(24(29)32)10-34-25(33)23(14)31/h2-3,5-7,23,26,31H,4,8-11H2,1H3,(H,27,30)/b3-2+/t23-/m0/s1. The highest BCUT2D eigenvalue weighted by Gasteiger charge is 2.34. The summed E-state index contributed by atoms with van der Waals surface area (Å²) in [7, 11) is 1.70. The molecule has 1 atom stereocenters. The molecule has 0 fully saturated rings. The molecule has 3 aromatic rings. The maximum atomic E-state index is 13.3. The molecule has 3 aliphatic heterocycles. The van der Waals surface area contributed by atoms with Gasteiger partial charge in [-0.3, -0.25) is 9.59 Å². The third-order valence-corrected chi connectivity index (χ3v) is 6.53. The number of aliphatic hydroxyl groups excluding tert-OH is 1. The molecule has 5 heterocycles. The average molecular weight is 490 g/mol. The van der Waals surface area contributed by atoms with E-state index in [1.807, 2.05) is 18.2 Å². The molecule has 11 heteroatoms. The average Bonchev–Trinajstić information content (AvgIpc) is 3.47. The molecule has 1 aromatic carbocycles. The summed E-state index contributed by atoms with van der Waals surface area (Å²) >= 11 is 0. The lowest BCUT2D eigenvalue weighted by atomic mass is 9.98. The fourth-order valence-corrected chi connectivity index (χ4v) is 4.81. The first kappa shape index (κ1) is 22.3. The van der Waals surface area contributed by atoms with E-state index in [4.69, 9.17) is 19.2 Å². The molecule has 0 spiro atoms. The van der Waals surface area contributed by atoms with Crippen LogP contribution < -0.4 is 25.7 Å². The first-order valence-electron chi connectivity index (χ1n) is 11.4. The van der Waals surface area contributed by atoms with Gasteiger partial charge in [0.25, 0.3) is 5.56 Å². The molecule has 0 aliphatic carbocycles. The van der Waals surface area contributed by atoms with E-state index in [0.717, 1.165) is 16.5 Å². The second kappa shape index (κ2) is 8.47. The molecule has 1 amide bonds. The number of esters is 1. The number of fused-ring (bicyclic) bond motifs is 6. The number of aliphatic hydroxyl groups is 1.